The lowest BCUT2D eigenvalue weighted by atomic mass is 10.1. The van der Waals surface area contributed by atoms with Crippen LogP contribution in [0.4, 0.5) is 9.59 Å². The number of nitrogens with zero attached hydrogens (tertiary/aromatic N) is 3. The van der Waals surface area contributed by atoms with Gasteiger partial charge < -0.3 is 9.47 Å². The number of carbonyl (C=O) groups excluding carboxylic acids is 2. The summed E-state index contributed by atoms with van der Waals surface area (Å²) in [4.78, 5) is 23.9. The average molecular weight is 540 g/mol. The van der Waals surface area contributed by atoms with Gasteiger partial charge in [0, 0.05) is 8.95 Å². The molecule has 2 amide bonds. The lowest BCUT2D eigenvalue weighted by molar-refractivity contribution is 0.0581. The summed E-state index contributed by atoms with van der Waals surface area (Å²) in [5, 5.41) is 9.08. The number of hydrogen-bond donors (Lipinski definition) is 1. The van der Waals surface area contributed by atoms with Crippen LogP contribution >= 0.6 is 31.9 Å². The van der Waals surface area contributed by atoms with Crippen LogP contribution in [0.25, 0.3) is 0 Å². The third-order valence-corrected chi connectivity index (χ3v) is 4.87. The molecule has 2 aromatic carbocycles. The number of carbonyl (C=O) groups is 2. The quantitative estimate of drug-likeness (QED) is 0.313. The second kappa shape index (κ2) is 11.5. The minimum atomic E-state index is -0.836. The first-order valence-electron chi connectivity index (χ1n) is 8.69. The maximum atomic E-state index is 12.0. The van der Waals surface area contributed by atoms with E-state index in [9.17, 15) is 9.59 Å². The number of hydrazone groups is 2. The SMILES string of the molecule is COC(=O)N(COC(=O)NN=C(C)c1ccc(Br)cc1)N=C(C)c1ccc(Br)cc1. The van der Waals surface area contributed by atoms with Crippen molar-refractivity contribution in [1.29, 1.82) is 0 Å². The van der Waals surface area contributed by atoms with Crippen molar-refractivity contribution in [3.8, 4) is 0 Å². The summed E-state index contributed by atoms with van der Waals surface area (Å²) in [7, 11) is 1.21. The Hall–Kier alpha value is -2.72. The molecule has 0 bridgehead atoms. The summed E-state index contributed by atoms with van der Waals surface area (Å²) in [6.45, 7) is 3.03. The van der Waals surface area contributed by atoms with Crippen molar-refractivity contribution in [2.24, 2.45) is 10.2 Å². The van der Waals surface area contributed by atoms with Crippen LogP contribution in [0.2, 0.25) is 0 Å². The Morgan fingerprint density at radius 3 is 1.93 bits per heavy atom. The molecule has 0 atom stereocenters. The lowest BCUT2D eigenvalue weighted by Crippen LogP contribution is -2.33. The molecule has 0 radical (unpaired) electrons. The first-order valence-corrected chi connectivity index (χ1v) is 10.3. The van der Waals surface area contributed by atoms with Gasteiger partial charge in [-0.1, -0.05) is 56.1 Å². The van der Waals surface area contributed by atoms with Gasteiger partial charge in [-0.25, -0.2) is 15.0 Å². The second-order valence-electron chi connectivity index (χ2n) is 5.94. The monoisotopic (exact) mass is 538 g/mol. The number of nitrogens with one attached hydrogen (secondary N) is 1. The van der Waals surface area contributed by atoms with Gasteiger partial charge >= 0.3 is 12.2 Å². The molecule has 0 aliphatic heterocycles. The third-order valence-electron chi connectivity index (χ3n) is 3.81. The van der Waals surface area contributed by atoms with Gasteiger partial charge in [-0.05, 0) is 49.2 Å². The van der Waals surface area contributed by atoms with Crippen molar-refractivity contribution >= 4 is 55.5 Å². The molecule has 0 aliphatic rings. The molecule has 0 saturated heterocycles. The normalized spacial score (nSPS) is 11.6. The highest BCUT2D eigenvalue weighted by Crippen LogP contribution is 2.12. The summed E-state index contributed by atoms with van der Waals surface area (Å²) >= 11 is 6.72. The van der Waals surface area contributed by atoms with Crippen molar-refractivity contribution in [3.05, 3.63) is 68.6 Å². The minimum Gasteiger partial charge on any atom is -0.451 e. The molecule has 0 aliphatic carbocycles. The van der Waals surface area contributed by atoms with E-state index in [2.05, 4.69) is 47.5 Å². The zero-order valence-electron chi connectivity index (χ0n) is 16.6. The van der Waals surface area contributed by atoms with Gasteiger partial charge in [0.15, 0.2) is 6.73 Å². The van der Waals surface area contributed by atoms with Gasteiger partial charge in [-0.3, -0.25) is 0 Å². The van der Waals surface area contributed by atoms with Gasteiger partial charge in [0.05, 0.1) is 18.5 Å². The molecule has 158 valence electrons. The largest absolute Gasteiger partial charge is 0.451 e. The smallest absolute Gasteiger partial charge is 0.433 e. The number of hydrogen-bond acceptors (Lipinski definition) is 6. The molecule has 1 N–H and O–H groups in total. The summed E-state index contributed by atoms with van der Waals surface area (Å²) in [6.07, 6.45) is -1.61. The Balaban J connectivity index is 1.99. The van der Waals surface area contributed by atoms with Crippen molar-refractivity contribution in [2.75, 3.05) is 13.8 Å². The van der Waals surface area contributed by atoms with Crippen LogP contribution in [0.5, 0.6) is 0 Å². The van der Waals surface area contributed by atoms with E-state index in [1.165, 1.54) is 7.11 Å². The molecule has 0 fully saturated rings. The molecule has 10 heteroatoms. The Morgan fingerprint density at radius 2 is 1.43 bits per heavy atom. The Bertz CT molecular complexity index is 944. The van der Waals surface area contributed by atoms with Crippen LogP contribution in [0.15, 0.2) is 67.7 Å². The molecule has 0 aromatic heterocycles. The van der Waals surface area contributed by atoms with Crippen LogP contribution < -0.4 is 5.43 Å². The van der Waals surface area contributed by atoms with E-state index >= 15 is 0 Å². The Kier molecular flexibility index (Phi) is 9.00. The second-order valence-corrected chi connectivity index (χ2v) is 7.77. The summed E-state index contributed by atoms with van der Waals surface area (Å²) < 4.78 is 11.6. The van der Waals surface area contributed by atoms with Crippen LogP contribution in [0.1, 0.15) is 25.0 Å². The van der Waals surface area contributed by atoms with E-state index in [0.29, 0.717) is 11.4 Å². The van der Waals surface area contributed by atoms with E-state index < -0.39 is 18.9 Å². The fraction of sp³-hybridized carbons (Fsp3) is 0.200. The topological polar surface area (TPSA) is 92.6 Å². The molecule has 30 heavy (non-hydrogen) atoms. The summed E-state index contributed by atoms with van der Waals surface area (Å²) in [5.74, 6) is 0. The van der Waals surface area contributed by atoms with Gasteiger partial charge in [-0.2, -0.15) is 15.2 Å². The number of rotatable bonds is 6. The van der Waals surface area contributed by atoms with Gasteiger partial charge in [0.2, 0.25) is 0 Å². The van der Waals surface area contributed by atoms with Gasteiger partial charge in [0.25, 0.3) is 0 Å². The Labute approximate surface area is 191 Å². The number of benzene rings is 2. The van der Waals surface area contributed by atoms with Crippen molar-refractivity contribution in [3.63, 3.8) is 0 Å². The zero-order chi connectivity index (χ0) is 22.1. The summed E-state index contributed by atoms with van der Waals surface area (Å²) in [6, 6.07) is 14.8. The van der Waals surface area contributed by atoms with Crippen LogP contribution in [0, 0.1) is 0 Å². The number of methoxy groups -OCH3 is 1. The number of ether oxygens (including phenoxy) is 2. The van der Waals surface area contributed by atoms with Gasteiger partial charge in [-0.15, -0.1) is 0 Å². The average Bonchev–Trinajstić information content (AvgIpc) is 2.75. The molecular weight excluding hydrogens is 520 g/mol. The van der Waals surface area contributed by atoms with Crippen molar-refractivity contribution in [2.45, 2.75) is 13.8 Å². The molecule has 0 unspecified atom stereocenters. The first kappa shape index (κ1) is 23.6. The molecule has 2 aromatic rings. The van der Waals surface area contributed by atoms with E-state index in [0.717, 1.165) is 25.1 Å². The zero-order valence-corrected chi connectivity index (χ0v) is 19.7. The molecule has 0 heterocycles. The third kappa shape index (κ3) is 7.27. The highest BCUT2D eigenvalue weighted by Gasteiger charge is 2.16. The molecular formula is C20H20Br2N4O4. The predicted molar refractivity (Wildman–Crippen MR) is 121 cm³/mol. The van der Waals surface area contributed by atoms with Crippen molar-refractivity contribution in [1.82, 2.24) is 10.4 Å². The fourth-order valence-electron chi connectivity index (χ4n) is 2.19. The van der Waals surface area contributed by atoms with E-state index in [-0.39, 0.29) is 0 Å². The highest BCUT2D eigenvalue weighted by atomic mass is 79.9. The van der Waals surface area contributed by atoms with Gasteiger partial charge in [0.1, 0.15) is 0 Å². The maximum absolute atomic E-state index is 12.0. The molecule has 8 nitrogen and oxygen atoms in total. The fourth-order valence-corrected chi connectivity index (χ4v) is 2.72. The van der Waals surface area contributed by atoms with Crippen LogP contribution in [0.3, 0.4) is 0 Å². The standard InChI is InChI=1S/C20H20Br2N4O4/c1-13(15-4-8-17(21)9-5-15)23-24-19(27)30-12-26(20(28)29-3)25-14(2)16-6-10-18(22)11-7-16/h4-11H,12H2,1-3H3,(H,24,27). The Morgan fingerprint density at radius 1 is 0.933 bits per heavy atom. The van der Waals surface area contributed by atoms with E-state index in [4.69, 9.17) is 9.47 Å². The number of amides is 2. The minimum absolute atomic E-state index is 0.445. The first-order chi connectivity index (χ1) is 14.3. The molecule has 2 rings (SSSR count). The lowest BCUT2D eigenvalue weighted by Gasteiger charge is -2.16. The van der Waals surface area contributed by atoms with E-state index in [1.807, 2.05) is 48.5 Å². The van der Waals surface area contributed by atoms with Crippen LogP contribution in [-0.2, 0) is 9.47 Å². The number of halogens is 2. The highest BCUT2D eigenvalue weighted by molar-refractivity contribution is 9.10. The maximum Gasteiger partial charge on any atom is 0.433 e. The summed E-state index contributed by atoms with van der Waals surface area (Å²) in [5.41, 5.74) is 5.05. The van der Waals surface area contributed by atoms with Crippen molar-refractivity contribution < 1.29 is 19.1 Å². The predicted octanol–water partition coefficient (Wildman–Crippen LogP) is 5.11. The van der Waals surface area contributed by atoms with E-state index in [1.54, 1.807) is 13.8 Å². The molecule has 0 saturated carbocycles. The van der Waals surface area contributed by atoms with Crippen LogP contribution in [-0.4, -0.2) is 42.5 Å². The molecule has 0 spiro atoms.